The van der Waals surface area contributed by atoms with Gasteiger partial charge in [0.2, 0.25) is 0 Å². The maximum atomic E-state index is 13.3. The van der Waals surface area contributed by atoms with Gasteiger partial charge in [-0.2, -0.15) is 0 Å². The van der Waals surface area contributed by atoms with Gasteiger partial charge in [-0.25, -0.2) is 0 Å². The van der Waals surface area contributed by atoms with Crippen LogP contribution in [0.2, 0.25) is 0 Å². The number of amides is 2. The summed E-state index contributed by atoms with van der Waals surface area (Å²) in [6.07, 6.45) is 4.82. The third-order valence-corrected chi connectivity index (χ3v) is 5.51. The van der Waals surface area contributed by atoms with Crippen LogP contribution in [-0.2, 0) is 16.1 Å². The summed E-state index contributed by atoms with van der Waals surface area (Å²) in [5.41, 5.74) is 4.18. The first-order valence-electron chi connectivity index (χ1n) is 9.51. The molecular weight excluding hydrogens is 340 g/mol. The van der Waals surface area contributed by atoms with Gasteiger partial charge in [-0.15, -0.1) is 0 Å². The summed E-state index contributed by atoms with van der Waals surface area (Å²) in [5.74, 6) is 0.155. The highest BCUT2D eigenvalue weighted by Crippen LogP contribution is 2.34. The molecule has 2 amide bonds. The summed E-state index contributed by atoms with van der Waals surface area (Å²) >= 11 is 0. The van der Waals surface area contributed by atoms with E-state index in [0.29, 0.717) is 17.0 Å². The van der Waals surface area contributed by atoms with Gasteiger partial charge in [0, 0.05) is 13.1 Å². The van der Waals surface area contributed by atoms with Crippen molar-refractivity contribution in [2.75, 3.05) is 13.1 Å². The zero-order valence-corrected chi connectivity index (χ0v) is 15.8. The van der Waals surface area contributed by atoms with Crippen molar-refractivity contribution in [1.82, 2.24) is 9.80 Å². The zero-order chi connectivity index (χ0) is 19.0. The van der Waals surface area contributed by atoms with Crippen molar-refractivity contribution in [3.05, 3.63) is 64.7 Å². The molecular formula is C22H24N2O3. The standard InChI is InChI=1S/C22H24N2O3/c1-15-8-9-17(13-16(15)2)19-20(23-10-4-3-5-11-23)22(26)24(21(19)25)14-18-7-6-12-27-18/h6-9,12-13H,3-5,10-11,14H2,1-2H3. The normalized spacial score (nSPS) is 18.0. The maximum Gasteiger partial charge on any atom is 0.278 e. The van der Waals surface area contributed by atoms with E-state index in [0.717, 1.165) is 37.1 Å². The Bertz CT molecular complexity index is 906. The molecule has 2 aliphatic heterocycles. The van der Waals surface area contributed by atoms with Crippen LogP contribution in [-0.4, -0.2) is 34.7 Å². The number of imide groups is 1. The third-order valence-electron chi connectivity index (χ3n) is 5.51. The number of piperidine rings is 1. The lowest BCUT2D eigenvalue weighted by Crippen LogP contribution is -2.36. The summed E-state index contributed by atoms with van der Waals surface area (Å²) in [6, 6.07) is 9.52. The molecule has 0 unspecified atom stereocenters. The second kappa shape index (κ2) is 7.06. The largest absolute Gasteiger partial charge is 0.467 e. The Balaban J connectivity index is 1.77. The van der Waals surface area contributed by atoms with Gasteiger partial charge in [0.15, 0.2) is 0 Å². The molecule has 3 heterocycles. The molecule has 140 valence electrons. The van der Waals surface area contributed by atoms with Crippen molar-refractivity contribution in [3.63, 3.8) is 0 Å². The van der Waals surface area contributed by atoms with E-state index in [1.54, 1.807) is 18.4 Å². The monoisotopic (exact) mass is 364 g/mol. The molecule has 1 saturated heterocycles. The predicted molar refractivity (Wildman–Crippen MR) is 103 cm³/mol. The molecule has 1 aromatic carbocycles. The van der Waals surface area contributed by atoms with Gasteiger partial charge in [0.25, 0.3) is 11.8 Å². The molecule has 0 radical (unpaired) electrons. The highest BCUT2D eigenvalue weighted by atomic mass is 16.3. The molecule has 0 atom stereocenters. The van der Waals surface area contributed by atoms with Gasteiger partial charge >= 0.3 is 0 Å². The van der Waals surface area contributed by atoms with E-state index in [1.165, 1.54) is 16.9 Å². The first-order valence-corrected chi connectivity index (χ1v) is 9.51. The van der Waals surface area contributed by atoms with E-state index in [1.807, 2.05) is 32.0 Å². The molecule has 2 aromatic rings. The fourth-order valence-corrected chi connectivity index (χ4v) is 3.83. The van der Waals surface area contributed by atoms with Crippen LogP contribution in [0.1, 0.15) is 41.7 Å². The molecule has 0 N–H and O–H groups in total. The van der Waals surface area contributed by atoms with Crippen LogP contribution in [0.15, 0.2) is 46.7 Å². The van der Waals surface area contributed by atoms with Gasteiger partial charge in [-0.05, 0) is 61.9 Å². The lowest BCUT2D eigenvalue weighted by molar-refractivity contribution is -0.138. The number of furan rings is 1. The van der Waals surface area contributed by atoms with E-state index in [9.17, 15) is 9.59 Å². The minimum Gasteiger partial charge on any atom is -0.467 e. The van der Waals surface area contributed by atoms with Crippen LogP contribution in [0.4, 0.5) is 0 Å². The Labute approximate surface area is 159 Å². The van der Waals surface area contributed by atoms with Crippen molar-refractivity contribution in [3.8, 4) is 0 Å². The Morgan fingerprint density at radius 1 is 0.963 bits per heavy atom. The average Bonchev–Trinajstić information content (AvgIpc) is 3.27. The van der Waals surface area contributed by atoms with Crippen LogP contribution < -0.4 is 0 Å². The average molecular weight is 364 g/mol. The second-order valence-electron chi connectivity index (χ2n) is 7.35. The third kappa shape index (κ3) is 3.18. The summed E-state index contributed by atoms with van der Waals surface area (Å²) < 4.78 is 5.37. The number of aryl methyl sites for hydroxylation is 2. The summed E-state index contributed by atoms with van der Waals surface area (Å²) in [6.45, 7) is 5.87. The maximum absolute atomic E-state index is 13.3. The lowest BCUT2D eigenvalue weighted by atomic mass is 9.98. The fraction of sp³-hybridized carbons (Fsp3) is 0.364. The van der Waals surface area contributed by atoms with Crippen molar-refractivity contribution in [2.24, 2.45) is 0 Å². The van der Waals surface area contributed by atoms with E-state index in [4.69, 9.17) is 4.42 Å². The van der Waals surface area contributed by atoms with Gasteiger partial charge < -0.3 is 9.32 Å². The summed E-state index contributed by atoms with van der Waals surface area (Å²) in [7, 11) is 0. The summed E-state index contributed by atoms with van der Waals surface area (Å²) in [4.78, 5) is 29.9. The van der Waals surface area contributed by atoms with Crippen molar-refractivity contribution in [2.45, 2.75) is 39.7 Å². The van der Waals surface area contributed by atoms with Crippen LogP contribution in [0.25, 0.3) is 5.57 Å². The highest BCUT2D eigenvalue weighted by Gasteiger charge is 2.42. The number of benzene rings is 1. The van der Waals surface area contributed by atoms with E-state index < -0.39 is 0 Å². The SMILES string of the molecule is Cc1ccc(C2=C(N3CCCCC3)C(=O)N(Cc3ccco3)C2=O)cc1C. The molecule has 5 heteroatoms. The van der Waals surface area contributed by atoms with Crippen LogP contribution in [0, 0.1) is 13.8 Å². The Kier molecular flexibility index (Phi) is 4.60. The van der Waals surface area contributed by atoms with Gasteiger partial charge in [-0.1, -0.05) is 18.2 Å². The fourth-order valence-electron chi connectivity index (χ4n) is 3.83. The predicted octanol–water partition coefficient (Wildman–Crippen LogP) is 3.66. The van der Waals surface area contributed by atoms with Crippen LogP contribution in [0.5, 0.6) is 0 Å². The molecule has 1 aromatic heterocycles. The Hall–Kier alpha value is -2.82. The van der Waals surface area contributed by atoms with Crippen molar-refractivity contribution in [1.29, 1.82) is 0 Å². The Morgan fingerprint density at radius 2 is 1.74 bits per heavy atom. The van der Waals surface area contributed by atoms with Gasteiger partial charge in [-0.3, -0.25) is 14.5 Å². The number of hydrogen-bond donors (Lipinski definition) is 0. The molecule has 2 aliphatic rings. The number of nitrogens with zero attached hydrogens (tertiary/aromatic N) is 2. The lowest BCUT2D eigenvalue weighted by Gasteiger charge is -2.29. The molecule has 27 heavy (non-hydrogen) atoms. The summed E-state index contributed by atoms with van der Waals surface area (Å²) in [5, 5.41) is 0. The van der Waals surface area contributed by atoms with Crippen molar-refractivity contribution >= 4 is 17.4 Å². The highest BCUT2D eigenvalue weighted by molar-refractivity contribution is 6.35. The molecule has 0 bridgehead atoms. The number of carbonyl (C=O) groups excluding carboxylic acids is 2. The zero-order valence-electron chi connectivity index (χ0n) is 15.8. The Morgan fingerprint density at radius 3 is 2.41 bits per heavy atom. The quantitative estimate of drug-likeness (QED) is 0.777. The van der Waals surface area contributed by atoms with E-state index in [2.05, 4.69) is 4.90 Å². The molecule has 0 aliphatic carbocycles. The van der Waals surface area contributed by atoms with Crippen molar-refractivity contribution < 1.29 is 14.0 Å². The molecule has 5 nitrogen and oxygen atoms in total. The molecule has 0 saturated carbocycles. The second-order valence-corrected chi connectivity index (χ2v) is 7.35. The minimum atomic E-state index is -0.236. The van der Waals surface area contributed by atoms with Gasteiger partial charge in [0.05, 0.1) is 18.4 Å². The number of rotatable bonds is 4. The minimum absolute atomic E-state index is 0.163. The number of likely N-dealkylation sites (tertiary alicyclic amines) is 1. The van der Waals surface area contributed by atoms with Gasteiger partial charge in [0.1, 0.15) is 11.5 Å². The topological polar surface area (TPSA) is 53.8 Å². The van der Waals surface area contributed by atoms with Crippen LogP contribution >= 0.6 is 0 Å². The first kappa shape index (κ1) is 17.6. The smallest absolute Gasteiger partial charge is 0.278 e. The molecule has 1 fully saturated rings. The number of hydrogen-bond acceptors (Lipinski definition) is 4. The van der Waals surface area contributed by atoms with Crippen LogP contribution in [0.3, 0.4) is 0 Å². The van der Waals surface area contributed by atoms with E-state index >= 15 is 0 Å². The molecule has 0 spiro atoms. The first-order chi connectivity index (χ1) is 13.1. The van der Waals surface area contributed by atoms with E-state index in [-0.39, 0.29) is 18.4 Å². The molecule has 4 rings (SSSR count). The number of carbonyl (C=O) groups is 2.